The molecule has 112 valence electrons. The third kappa shape index (κ3) is 4.92. The van der Waals surface area contributed by atoms with Crippen molar-refractivity contribution in [3.05, 3.63) is 35.4 Å². The van der Waals surface area contributed by atoms with E-state index in [9.17, 15) is 9.59 Å². The largest absolute Gasteiger partial charge is 0.446 e. The highest BCUT2D eigenvalue weighted by Crippen LogP contribution is 2.09. The number of rotatable bonds is 5. The molecule has 0 bridgehead atoms. The number of nitrogens with zero attached hydrogens (tertiary/aromatic N) is 1. The van der Waals surface area contributed by atoms with E-state index in [1.807, 2.05) is 19.1 Å². The number of nitriles is 1. The van der Waals surface area contributed by atoms with Crippen molar-refractivity contribution in [3.8, 4) is 6.07 Å². The first-order valence-electron chi connectivity index (χ1n) is 6.82. The molecule has 2 atom stereocenters. The van der Waals surface area contributed by atoms with Gasteiger partial charge in [0, 0.05) is 5.56 Å². The highest BCUT2D eigenvalue weighted by atomic mass is 16.5. The Balaban J connectivity index is 2.82. The topological polar surface area (TPSA) is 79.2 Å². The molecule has 0 aromatic heterocycles. The molecule has 0 aliphatic carbocycles. The van der Waals surface area contributed by atoms with Crippen LogP contribution in [-0.2, 0) is 9.53 Å². The van der Waals surface area contributed by atoms with Crippen molar-refractivity contribution < 1.29 is 14.3 Å². The molecule has 0 aliphatic heterocycles. The third-order valence-corrected chi connectivity index (χ3v) is 2.96. The van der Waals surface area contributed by atoms with Gasteiger partial charge in [0.25, 0.3) is 5.91 Å². The highest BCUT2D eigenvalue weighted by molar-refractivity contribution is 5.97. The molecule has 0 aliphatic rings. The minimum atomic E-state index is -0.838. The molecule has 1 N–H and O–H groups in total. The van der Waals surface area contributed by atoms with Crippen molar-refractivity contribution in [1.82, 2.24) is 5.32 Å². The van der Waals surface area contributed by atoms with Crippen molar-refractivity contribution in [2.45, 2.75) is 39.8 Å². The minimum absolute atomic E-state index is 0.142. The Morgan fingerprint density at radius 3 is 2.48 bits per heavy atom. The van der Waals surface area contributed by atoms with Crippen LogP contribution < -0.4 is 5.32 Å². The Morgan fingerprint density at radius 2 is 1.95 bits per heavy atom. The summed E-state index contributed by atoms with van der Waals surface area (Å²) >= 11 is 0. The molecule has 0 fully saturated rings. The molecule has 0 saturated heterocycles. The average Bonchev–Trinajstić information content (AvgIpc) is 2.43. The molecule has 5 nitrogen and oxygen atoms in total. The van der Waals surface area contributed by atoms with Gasteiger partial charge in [-0.3, -0.25) is 4.79 Å². The molecule has 21 heavy (non-hydrogen) atoms. The van der Waals surface area contributed by atoms with Crippen LogP contribution in [0, 0.1) is 24.2 Å². The fourth-order valence-corrected chi connectivity index (χ4v) is 1.78. The first-order chi connectivity index (χ1) is 9.85. The van der Waals surface area contributed by atoms with Crippen LogP contribution in [0.3, 0.4) is 0 Å². The van der Waals surface area contributed by atoms with Crippen LogP contribution in [0.15, 0.2) is 24.3 Å². The van der Waals surface area contributed by atoms with E-state index in [4.69, 9.17) is 10.00 Å². The fraction of sp³-hybridized carbons (Fsp3) is 0.438. The maximum absolute atomic E-state index is 12.2. The van der Waals surface area contributed by atoms with E-state index >= 15 is 0 Å². The summed E-state index contributed by atoms with van der Waals surface area (Å²) in [6.07, 6.45) is -0.838. The molecule has 0 heterocycles. The number of hydrogen-bond acceptors (Lipinski definition) is 4. The van der Waals surface area contributed by atoms with E-state index in [-0.39, 0.29) is 11.8 Å². The van der Waals surface area contributed by atoms with Gasteiger partial charge in [0.05, 0.1) is 0 Å². The summed E-state index contributed by atoms with van der Waals surface area (Å²) in [4.78, 5) is 24.2. The van der Waals surface area contributed by atoms with Gasteiger partial charge in [-0.15, -0.1) is 0 Å². The van der Waals surface area contributed by atoms with Gasteiger partial charge in [0.2, 0.25) is 0 Å². The normalized spacial score (nSPS) is 13.1. The van der Waals surface area contributed by atoms with Crippen molar-refractivity contribution in [2.75, 3.05) is 0 Å². The zero-order chi connectivity index (χ0) is 16.0. The lowest BCUT2D eigenvalue weighted by atomic mass is 10.0. The molecule has 0 spiro atoms. The molecule has 1 aromatic rings. The molecule has 1 rings (SSSR count). The predicted molar refractivity (Wildman–Crippen MR) is 78.4 cm³/mol. The Morgan fingerprint density at radius 1 is 1.29 bits per heavy atom. The van der Waals surface area contributed by atoms with Crippen LogP contribution in [0.5, 0.6) is 0 Å². The first-order valence-corrected chi connectivity index (χ1v) is 6.82. The number of nitrogens with one attached hydrogen (secondary N) is 1. The van der Waals surface area contributed by atoms with Crippen molar-refractivity contribution in [1.29, 1.82) is 5.26 Å². The van der Waals surface area contributed by atoms with E-state index in [1.54, 1.807) is 32.0 Å². The molecule has 5 heteroatoms. The Bertz CT molecular complexity index is 561. The Labute approximate surface area is 124 Å². The van der Waals surface area contributed by atoms with Crippen LogP contribution in [0.25, 0.3) is 0 Å². The van der Waals surface area contributed by atoms with E-state index in [2.05, 4.69) is 5.32 Å². The summed E-state index contributed by atoms with van der Waals surface area (Å²) in [7, 11) is 0. The van der Waals surface area contributed by atoms with Gasteiger partial charge in [0.1, 0.15) is 12.1 Å². The Kier molecular flexibility index (Phi) is 5.92. The van der Waals surface area contributed by atoms with Gasteiger partial charge in [-0.2, -0.15) is 5.26 Å². The van der Waals surface area contributed by atoms with Crippen molar-refractivity contribution in [2.24, 2.45) is 5.92 Å². The average molecular weight is 288 g/mol. The van der Waals surface area contributed by atoms with E-state index in [0.29, 0.717) is 5.56 Å². The predicted octanol–water partition coefficient (Wildman–Crippen LogP) is 2.20. The van der Waals surface area contributed by atoms with Crippen LogP contribution in [0.4, 0.5) is 0 Å². The standard InChI is InChI=1S/C16H20N2O3/c1-10(2)14(16(20)21-12(4)9-17)18-15(19)13-7-5-6-11(3)8-13/h5-8,10,12,14H,1-4H3,(H,18,19). The summed E-state index contributed by atoms with van der Waals surface area (Å²) < 4.78 is 4.97. The second kappa shape index (κ2) is 7.44. The number of ether oxygens (including phenoxy) is 1. The van der Waals surface area contributed by atoms with Crippen molar-refractivity contribution >= 4 is 11.9 Å². The number of aryl methyl sites for hydroxylation is 1. The number of esters is 1. The van der Waals surface area contributed by atoms with Gasteiger partial charge in [-0.05, 0) is 31.9 Å². The SMILES string of the molecule is Cc1cccc(C(=O)NC(C(=O)OC(C)C#N)C(C)C)c1. The molecule has 1 aromatic carbocycles. The molecular formula is C16H20N2O3. The maximum atomic E-state index is 12.2. The van der Waals surface area contributed by atoms with Gasteiger partial charge in [-0.1, -0.05) is 31.5 Å². The summed E-state index contributed by atoms with van der Waals surface area (Å²) in [5, 5.41) is 11.3. The second-order valence-corrected chi connectivity index (χ2v) is 5.27. The van der Waals surface area contributed by atoms with Gasteiger partial charge < -0.3 is 10.1 Å². The lowest BCUT2D eigenvalue weighted by Gasteiger charge is -2.21. The summed E-state index contributed by atoms with van der Waals surface area (Å²) in [6.45, 7) is 6.98. The van der Waals surface area contributed by atoms with Crippen molar-refractivity contribution in [3.63, 3.8) is 0 Å². The van der Waals surface area contributed by atoms with E-state index in [1.165, 1.54) is 6.92 Å². The van der Waals surface area contributed by atoms with Gasteiger partial charge in [0.15, 0.2) is 6.10 Å². The number of benzene rings is 1. The zero-order valence-electron chi connectivity index (χ0n) is 12.7. The van der Waals surface area contributed by atoms with Gasteiger partial charge >= 0.3 is 5.97 Å². The minimum Gasteiger partial charge on any atom is -0.446 e. The monoisotopic (exact) mass is 288 g/mol. The Hall–Kier alpha value is -2.35. The number of hydrogen-bond donors (Lipinski definition) is 1. The fourth-order valence-electron chi connectivity index (χ4n) is 1.78. The number of carbonyl (C=O) groups excluding carboxylic acids is 2. The van der Waals surface area contributed by atoms with Crippen LogP contribution in [0.1, 0.15) is 36.7 Å². The van der Waals surface area contributed by atoms with E-state index < -0.39 is 18.1 Å². The summed E-state index contributed by atoms with van der Waals surface area (Å²) in [5.74, 6) is -1.07. The highest BCUT2D eigenvalue weighted by Gasteiger charge is 2.27. The second-order valence-electron chi connectivity index (χ2n) is 5.27. The number of amides is 1. The summed E-state index contributed by atoms with van der Waals surface area (Å²) in [6, 6.07) is 8.14. The lowest BCUT2D eigenvalue weighted by Crippen LogP contribution is -2.46. The van der Waals surface area contributed by atoms with E-state index in [0.717, 1.165) is 5.56 Å². The third-order valence-electron chi connectivity index (χ3n) is 2.96. The smallest absolute Gasteiger partial charge is 0.330 e. The van der Waals surface area contributed by atoms with Gasteiger partial charge in [-0.25, -0.2) is 4.79 Å². The maximum Gasteiger partial charge on any atom is 0.330 e. The van der Waals surface area contributed by atoms with Crippen LogP contribution in [0.2, 0.25) is 0 Å². The molecule has 2 unspecified atom stereocenters. The molecule has 0 saturated carbocycles. The molecule has 0 radical (unpaired) electrons. The zero-order valence-corrected chi connectivity index (χ0v) is 12.7. The quantitative estimate of drug-likeness (QED) is 0.842. The molecule has 1 amide bonds. The summed E-state index contributed by atoms with van der Waals surface area (Å²) in [5.41, 5.74) is 1.45. The molecular weight excluding hydrogens is 268 g/mol. The first kappa shape index (κ1) is 16.7. The lowest BCUT2D eigenvalue weighted by molar-refractivity contribution is -0.149. The van der Waals surface area contributed by atoms with Crippen LogP contribution >= 0.6 is 0 Å². The van der Waals surface area contributed by atoms with Crippen LogP contribution in [-0.4, -0.2) is 24.0 Å². The number of carbonyl (C=O) groups is 2.